The van der Waals surface area contributed by atoms with Crippen molar-refractivity contribution in [2.45, 2.75) is 58.4 Å². The predicted octanol–water partition coefficient (Wildman–Crippen LogP) is 3.00. The van der Waals surface area contributed by atoms with E-state index in [2.05, 4.69) is 34.7 Å². The van der Waals surface area contributed by atoms with Gasteiger partial charge in [0.05, 0.1) is 0 Å². The van der Waals surface area contributed by atoms with Crippen LogP contribution in [0.25, 0.3) is 0 Å². The molecule has 1 saturated carbocycles. The number of carbonyl (C=O) groups is 1. The maximum Gasteiger partial charge on any atom is 0.272 e. The zero-order valence-corrected chi connectivity index (χ0v) is 13.1. The Kier molecular flexibility index (Phi) is 5.96. The molecular formula is C16H26N4O. The van der Waals surface area contributed by atoms with Crippen molar-refractivity contribution in [3.8, 4) is 0 Å². The van der Waals surface area contributed by atoms with Gasteiger partial charge in [0.2, 0.25) is 0 Å². The molecule has 2 atom stereocenters. The van der Waals surface area contributed by atoms with Crippen LogP contribution in [0.3, 0.4) is 0 Å². The van der Waals surface area contributed by atoms with E-state index in [0.717, 1.165) is 31.6 Å². The van der Waals surface area contributed by atoms with E-state index < -0.39 is 0 Å². The van der Waals surface area contributed by atoms with Crippen LogP contribution >= 0.6 is 0 Å². The Morgan fingerprint density at radius 2 is 2.05 bits per heavy atom. The lowest BCUT2D eigenvalue weighted by molar-refractivity contribution is 0.0898. The Balaban J connectivity index is 1.93. The molecule has 1 heterocycles. The van der Waals surface area contributed by atoms with Gasteiger partial charge in [-0.1, -0.05) is 33.1 Å². The first kappa shape index (κ1) is 15.7. The second kappa shape index (κ2) is 7.96. The van der Waals surface area contributed by atoms with Crippen LogP contribution in [0, 0.1) is 5.92 Å². The van der Waals surface area contributed by atoms with Gasteiger partial charge >= 0.3 is 0 Å². The molecule has 5 nitrogen and oxygen atoms in total. The summed E-state index contributed by atoms with van der Waals surface area (Å²) in [6.07, 6.45) is 6.93. The second-order valence-corrected chi connectivity index (χ2v) is 5.76. The van der Waals surface area contributed by atoms with Crippen molar-refractivity contribution in [1.29, 1.82) is 0 Å². The average Bonchev–Trinajstić information content (AvgIpc) is 2.54. The van der Waals surface area contributed by atoms with Crippen molar-refractivity contribution in [3.63, 3.8) is 0 Å². The number of hydrogen-bond acceptors (Lipinski definition) is 4. The quantitative estimate of drug-likeness (QED) is 0.845. The summed E-state index contributed by atoms with van der Waals surface area (Å²) >= 11 is 0. The highest BCUT2D eigenvalue weighted by atomic mass is 16.2. The molecule has 0 saturated heterocycles. The first-order chi connectivity index (χ1) is 10.2. The first-order valence-electron chi connectivity index (χ1n) is 8.13. The smallest absolute Gasteiger partial charge is 0.272 e. The molecule has 1 aliphatic carbocycles. The molecule has 2 N–H and O–H groups in total. The van der Waals surface area contributed by atoms with E-state index in [-0.39, 0.29) is 11.9 Å². The largest absolute Gasteiger partial charge is 0.369 e. The number of nitrogens with zero attached hydrogens (tertiary/aromatic N) is 2. The van der Waals surface area contributed by atoms with Crippen LogP contribution in [0.5, 0.6) is 0 Å². The van der Waals surface area contributed by atoms with Gasteiger partial charge in [-0.15, -0.1) is 10.2 Å². The Hall–Kier alpha value is -1.65. The van der Waals surface area contributed by atoms with Crippen LogP contribution in [0.2, 0.25) is 0 Å². The van der Waals surface area contributed by atoms with Gasteiger partial charge in [0.15, 0.2) is 5.69 Å². The number of nitrogens with one attached hydrogen (secondary N) is 2. The minimum absolute atomic E-state index is 0.102. The maximum absolute atomic E-state index is 12.3. The molecule has 0 spiro atoms. The number of anilines is 1. The van der Waals surface area contributed by atoms with E-state index in [1.807, 2.05) is 6.07 Å². The van der Waals surface area contributed by atoms with Gasteiger partial charge in [-0.2, -0.15) is 0 Å². The molecular weight excluding hydrogens is 264 g/mol. The van der Waals surface area contributed by atoms with E-state index >= 15 is 0 Å². The van der Waals surface area contributed by atoms with E-state index in [0.29, 0.717) is 11.6 Å². The van der Waals surface area contributed by atoms with Crippen molar-refractivity contribution < 1.29 is 4.79 Å². The van der Waals surface area contributed by atoms with Crippen molar-refractivity contribution in [2.75, 3.05) is 11.9 Å². The Labute approximate surface area is 126 Å². The minimum atomic E-state index is -0.102. The van der Waals surface area contributed by atoms with E-state index in [4.69, 9.17) is 0 Å². The van der Waals surface area contributed by atoms with Gasteiger partial charge in [0.25, 0.3) is 5.91 Å². The number of carbonyl (C=O) groups excluding carboxylic acids is 1. The van der Waals surface area contributed by atoms with Crippen LogP contribution in [0.4, 0.5) is 5.82 Å². The number of amides is 1. The highest BCUT2D eigenvalue weighted by molar-refractivity contribution is 5.92. The van der Waals surface area contributed by atoms with Crippen LogP contribution < -0.4 is 10.6 Å². The molecule has 1 aliphatic rings. The predicted molar refractivity (Wildman–Crippen MR) is 84.3 cm³/mol. The molecule has 2 rings (SSSR count). The number of aromatic nitrogens is 2. The Morgan fingerprint density at radius 3 is 2.71 bits per heavy atom. The number of hydrogen-bond donors (Lipinski definition) is 2. The van der Waals surface area contributed by atoms with Gasteiger partial charge in [-0.25, -0.2) is 0 Å². The summed E-state index contributed by atoms with van der Waals surface area (Å²) in [7, 11) is 0. The summed E-state index contributed by atoms with van der Waals surface area (Å²) < 4.78 is 0. The molecule has 1 fully saturated rings. The van der Waals surface area contributed by atoms with Crippen molar-refractivity contribution >= 4 is 11.7 Å². The lowest BCUT2D eigenvalue weighted by Gasteiger charge is -2.31. The van der Waals surface area contributed by atoms with Gasteiger partial charge < -0.3 is 10.6 Å². The lowest BCUT2D eigenvalue weighted by Crippen LogP contribution is -2.42. The van der Waals surface area contributed by atoms with Crippen molar-refractivity contribution in [1.82, 2.24) is 15.5 Å². The fraction of sp³-hybridized carbons (Fsp3) is 0.688. The van der Waals surface area contributed by atoms with Crippen LogP contribution in [-0.4, -0.2) is 28.7 Å². The van der Waals surface area contributed by atoms with Gasteiger partial charge in [-0.05, 0) is 37.3 Å². The van der Waals surface area contributed by atoms with E-state index in [9.17, 15) is 4.79 Å². The van der Waals surface area contributed by atoms with Crippen LogP contribution in [0.15, 0.2) is 12.1 Å². The zero-order valence-electron chi connectivity index (χ0n) is 13.1. The summed E-state index contributed by atoms with van der Waals surface area (Å²) in [5.74, 6) is 1.22. The molecule has 116 valence electrons. The zero-order chi connectivity index (χ0) is 15.1. The summed E-state index contributed by atoms with van der Waals surface area (Å²) in [5, 5.41) is 14.4. The van der Waals surface area contributed by atoms with E-state index in [1.54, 1.807) is 6.07 Å². The summed E-state index contributed by atoms with van der Waals surface area (Å²) in [6.45, 7) is 5.15. The standard InChI is InChI=1S/C16H26N4O/c1-3-11-17-15-10-9-14(19-20-15)16(21)18-13-8-6-5-7-12(13)4-2/h9-10,12-13H,3-8,11H2,1-2H3,(H,17,20)(H,18,21). The normalized spacial score (nSPS) is 21.8. The third-order valence-corrected chi connectivity index (χ3v) is 4.20. The molecule has 1 aromatic rings. The third-order valence-electron chi connectivity index (χ3n) is 4.20. The minimum Gasteiger partial charge on any atom is -0.369 e. The fourth-order valence-electron chi connectivity index (χ4n) is 2.93. The molecule has 1 amide bonds. The average molecular weight is 290 g/mol. The molecule has 5 heteroatoms. The summed E-state index contributed by atoms with van der Waals surface area (Å²) in [6, 6.07) is 3.84. The third kappa shape index (κ3) is 4.41. The molecule has 21 heavy (non-hydrogen) atoms. The van der Waals surface area contributed by atoms with Crippen LogP contribution in [-0.2, 0) is 0 Å². The van der Waals surface area contributed by atoms with Gasteiger partial charge in [-0.3, -0.25) is 4.79 Å². The highest BCUT2D eigenvalue weighted by Gasteiger charge is 2.25. The van der Waals surface area contributed by atoms with Crippen molar-refractivity contribution in [3.05, 3.63) is 17.8 Å². The SMILES string of the molecule is CCCNc1ccc(C(=O)NC2CCCCC2CC)nn1. The molecule has 2 unspecified atom stereocenters. The molecule has 0 aliphatic heterocycles. The summed E-state index contributed by atoms with van der Waals surface area (Å²) in [4.78, 5) is 12.3. The Bertz CT molecular complexity index is 446. The molecule has 0 bridgehead atoms. The molecule has 0 aromatic carbocycles. The maximum atomic E-state index is 12.3. The van der Waals surface area contributed by atoms with Gasteiger partial charge in [0.1, 0.15) is 5.82 Å². The Morgan fingerprint density at radius 1 is 1.24 bits per heavy atom. The van der Waals surface area contributed by atoms with Gasteiger partial charge in [0, 0.05) is 12.6 Å². The highest BCUT2D eigenvalue weighted by Crippen LogP contribution is 2.26. The van der Waals surface area contributed by atoms with Crippen molar-refractivity contribution in [2.24, 2.45) is 5.92 Å². The molecule has 0 radical (unpaired) electrons. The first-order valence-corrected chi connectivity index (χ1v) is 8.13. The number of rotatable bonds is 6. The topological polar surface area (TPSA) is 66.9 Å². The second-order valence-electron chi connectivity index (χ2n) is 5.76. The van der Waals surface area contributed by atoms with Crippen LogP contribution in [0.1, 0.15) is 62.9 Å². The summed E-state index contributed by atoms with van der Waals surface area (Å²) in [5.41, 5.74) is 0.400. The van der Waals surface area contributed by atoms with E-state index in [1.165, 1.54) is 19.3 Å². The monoisotopic (exact) mass is 290 g/mol. The fourth-order valence-corrected chi connectivity index (χ4v) is 2.93. The lowest BCUT2D eigenvalue weighted by atomic mass is 9.83. The molecule has 1 aromatic heterocycles.